The van der Waals surface area contributed by atoms with E-state index in [1.165, 1.54) is 0 Å². The Balaban J connectivity index is 1.90. The van der Waals surface area contributed by atoms with Crippen LogP contribution in [0.4, 0.5) is 10.5 Å². The second-order valence-electron chi connectivity index (χ2n) is 4.09. The largest absolute Gasteiger partial charge is 0.334 e. The number of nitrogens with one attached hydrogen (secondary N) is 2. The van der Waals surface area contributed by atoms with Crippen molar-refractivity contribution in [3.8, 4) is 0 Å². The summed E-state index contributed by atoms with van der Waals surface area (Å²) >= 11 is 17.5. The highest BCUT2D eigenvalue weighted by molar-refractivity contribution is 6.35. The van der Waals surface area contributed by atoms with Crippen molar-refractivity contribution < 1.29 is 4.79 Å². The van der Waals surface area contributed by atoms with Gasteiger partial charge in [-0.3, -0.25) is 0 Å². The van der Waals surface area contributed by atoms with E-state index < -0.39 is 0 Å². The maximum Gasteiger partial charge on any atom is 0.319 e. The first-order valence-corrected chi connectivity index (χ1v) is 6.92. The van der Waals surface area contributed by atoms with Crippen molar-refractivity contribution >= 4 is 46.5 Å². The zero-order valence-electron chi connectivity index (χ0n) is 10.3. The van der Waals surface area contributed by atoms with Crippen LogP contribution in [0.25, 0.3) is 0 Å². The minimum Gasteiger partial charge on any atom is -0.334 e. The van der Waals surface area contributed by atoms with Gasteiger partial charge in [0.05, 0.1) is 0 Å². The van der Waals surface area contributed by atoms with Crippen LogP contribution in [0.3, 0.4) is 0 Å². The Kier molecular flexibility index (Phi) is 5.12. The number of urea groups is 1. The molecule has 0 fully saturated rings. The van der Waals surface area contributed by atoms with E-state index in [-0.39, 0.29) is 6.03 Å². The smallest absolute Gasteiger partial charge is 0.319 e. The van der Waals surface area contributed by atoms with Gasteiger partial charge in [0.15, 0.2) is 0 Å². The molecule has 0 heterocycles. The quantitative estimate of drug-likeness (QED) is 0.820. The summed E-state index contributed by atoms with van der Waals surface area (Å²) in [7, 11) is 0. The van der Waals surface area contributed by atoms with Gasteiger partial charge in [0.2, 0.25) is 0 Å². The molecule has 0 saturated heterocycles. The van der Waals surface area contributed by atoms with Crippen LogP contribution in [0, 0.1) is 0 Å². The van der Waals surface area contributed by atoms with Gasteiger partial charge in [0.25, 0.3) is 0 Å². The fourth-order valence-electron chi connectivity index (χ4n) is 1.59. The van der Waals surface area contributed by atoms with Gasteiger partial charge in [-0.25, -0.2) is 4.79 Å². The first-order valence-electron chi connectivity index (χ1n) is 5.78. The number of carbonyl (C=O) groups excluding carboxylic acids is 1. The van der Waals surface area contributed by atoms with Gasteiger partial charge in [-0.15, -0.1) is 0 Å². The molecule has 0 bridgehead atoms. The average molecular weight is 330 g/mol. The molecule has 0 radical (unpaired) electrons. The number of hydrogen-bond donors (Lipinski definition) is 2. The van der Waals surface area contributed by atoms with Crippen molar-refractivity contribution in [2.45, 2.75) is 6.54 Å². The van der Waals surface area contributed by atoms with Gasteiger partial charge in [-0.05, 0) is 35.9 Å². The van der Waals surface area contributed by atoms with Crippen LogP contribution in [-0.2, 0) is 6.54 Å². The van der Waals surface area contributed by atoms with Gasteiger partial charge in [0, 0.05) is 27.3 Å². The zero-order chi connectivity index (χ0) is 14.5. The van der Waals surface area contributed by atoms with Crippen LogP contribution in [-0.4, -0.2) is 6.03 Å². The maximum absolute atomic E-state index is 11.7. The van der Waals surface area contributed by atoms with Crippen molar-refractivity contribution in [1.29, 1.82) is 0 Å². The van der Waals surface area contributed by atoms with E-state index in [9.17, 15) is 4.79 Å². The van der Waals surface area contributed by atoms with Crippen molar-refractivity contribution in [3.05, 3.63) is 63.1 Å². The number of amides is 2. The number of carbonyl (C=O) groups is 1. The summed E-state index contributed by atoms with van der Waals surface area (Å²) in [6.45, 7) is 0.400. The van der Waals surface area contributed by atoms with Crippen LogP contribution in [0.15, 0.2) is 42.5 Å². The van der Waals surface area contributed by atoms with Crippen molar-refractivity contribution in [2.24, 2.45) is 0 Å². The molecule has 0 atom stereocenters. The monoisotopic (exact) mass is 328 g/mol. The maximum atomic E-state index is 11.7. The molecule has 0 spiro atoms. The molecular weight excluding hydrogens is 319 g/mol. The summed E-state index contributed by atoms with van der Waals surface area (Å²) in [6.07, 6.45) is 0. The van der Waals surface area contributed by atoms with Crippen LogP contribution in [0.1, 0.15) is 5.56 Å². The SMILES string of the molecule is O=C(NCc1ccc(Cl)cc1)Nc1cc(Cl)cc(Cl)c1. The Morgan fingerprint density at radius 3 is 2.10 bits per heavy atom. The van der Waals surface area contributed by atoms with Crippen LogP contribution in [0.2, 0.25) is 15.1 Å². The molecule has 0 aromatic heterocycles. The van der Waals surface area contributed by atoms with Crippen LogP contribution in [0.5, 0.6) is 0 Å². The summed E-state index contributed by atoms with van der Waals surface area (Å²) in [5.74, 6) is 0. The number of hydrogen-bond acceptors (Lipinski definition) is 1. The molecule has 2 aromatic rings. The lowest BCUT2D eigenvalue weighted by molar-refractivity contribution is 0.251. The molecule has 0 saturated carbocycles. The highest BCUT2D eigenvalue weighted by Crippen LogP contribution is 2.22. The van der Waals surface area contributed by atoms with E-state index in [0.29, 0.717) is 27.3 Å². The Morgan fingerprint density at radius 2 is 1.50 bits per heavy atom. The minimum absolute atomic E-state index is 0.335. The fraction of sp³-hybridized carbons (Fsp3) is 0.0714. The molecule has 0 unspecified atom stereocenters. The molecule has 0 aliphatic rings. The molecule has 0 aliphatic carbocycles. The van der Waals surface area contributed by atoms with Crippen molar-refractivity contribution in [2.75, 3.05) is 5.32 Å². The number of anilines is 1. The first-order chi connectivity index (χ1) is 9.52. The summed E-state index contributed by atoms with van der Waals surface area (Å²) < 4.78 is 0. The van der Waals surface area contributed by atoms with Crippen LogP contribution < -0.4 is 10.6 Å². The molecule has 2 N–H and O–H groups in total. The third-order valence-electron chi connectivity index (χ3n) is 2.49. The van der Waals surface area contributed by atoms with Gasteiger partial charge < -0.3 is 10.6 Å². The first kappa shape index (κ1) is 15.0. The standard InChI is InChI=1S/C14H11Cl3N2O/c15-10-3-1-9(2-4-10)8-18-14(20)19-13-6-11(16)5-12(17)7-13/h1-7H,8H2,(H2,18,19,20). The molecule has 2 amide bonds. The predicted octanol–water partition coefficient (Wildman–Crippen LogP) is 4.97. The van der Waals surface area contributed by atoms with Crippen molar-refractivity contribution in [3.63, 3.8) is 0 Å². The summed E-state index contributed by atoms with van der Waals surface area (Å²) in [6, 6.07) is 11.7. The number of benzene rings is 2. The molecule has 2 rings (SSSR count). The Bertz CT molecular complexity index is 594. The Morgan fingerprint density at radius 1 is 0.900 bits per heavy atom. The Hall–Kier alpha value is -1.42. The normalized spacial score (nSPS) is 10.2. The second kappa shape index (κ2) is 6.84. The van der Waals surface area contributed by atoms with E-state index >= 15 is 0 Å². The molecule has 3 nitrogen and oxygen atoms in total. The molecule has 6 heteroatoms. The van der Waals surface area contributed by atoms with Gasteiger partial charge in [0.1, 0.15) is 0 Å². The molecular formula is C14H11Cl3N2O. The molecule has 104 valence electrons. The fourth-order valence-corrected chi connectivity index (χ4v) is 2.24. The topological polar surface area (TPSA) is 41.1 Å². The summed E-state index contributed by atoms with van der Waals surface area (Å²) in [5.41, 5.74) is 1.49. The van der Waals surface area contributed by atoms with Crippen LogP contribution >= 0.6 is 34.8 Å². The Labute approximate surface area is 131 Å². The lowest BCUT2D eigenvalue weighted by Crippen LogP contribution is -2.28. The highest BCUT2D eigenvalue weighted by Gasteiger charge is 2.04. The van der Waals surface area contributed by atoms with Gasteiger partial charge in [-0.1, -0.05) is 46.9 Å². The lowest BCUT2D eigenvalue weighted by atomic mass is 10.2. The highest BCUT2D eigenvalue weighted by atomic mass is 35.5. The molecule has 2 aromatic carbocycles. The molecule has 20 heavy (non-hydrogen) atoms. The van der Waals surface area contributed by atoms with Crippen molar-refractivity contribution in [1.82, 2.24) is 5.32 Å². The third kappa shape index (κ3) is 4.60. The average Bonchev–Trinajstić information content (AvgIpc) is 2.37. The van der Waals surface area contributed by atoms with E-state index in [4.69, 9.17) is 34.8 Å². The zero-order valence-corrected chi connectivity index (χ0v) is 12.6. The lowest BCUT2D eigenvalue weighted by Gasteiger charge is -2.08. The second-order valence-corrected chi connectivity index (χ2v) is 5.40. The van der Waals surface area contributed by atoms with E-state index in [0.717, 1.165) is 5.56 Å². The summed E-state index contributed by atoms with van der Waals surface area (Å²) in [4.78, 5) is 11.7. The summed E-state index contributed by atoms with van der Waals surface area (Å²) in [5, 5.41) is 6.97. The number of halogens is 3. The third-order valence-corrected chi connectivity index (χ3v) is 3.18. The van der Waals surface area contributed by atoms with Gasteiger partial charge in [-0.2, -0.15) is 0 Å². The van der Waals surface area contributed by atoms with E-state index in [1.54, 1.807) is 30.3 Å². The van der Waals surface area contributed by atoms with E-state index in [1.807, 2.05) is 12.1 Å². The van der Waals surface area contributed by atoms with Gasteiger partial charge >= 0.3 is 6.03 Å². The minimum atomic E-state index is -0.335. The van der Waals surface area contributed by atoms with E-state index in [2.05, 4.69) is 10.6 Å². The molecule has 0 aliphatic heterocycles. The number of rotatable bonds is 3. The predicted molar refractivity (Wildman–Crippen MR) is 83.8 cm³/mol.